The monoisotopic (exact) mass is 227 g/mol. The molecule has 0 spiro atoms. The summed E-state index contributed by atoms with van der Waals surface area (Å²) in [5, 5.41) is 4.69. The lowest BCUT2D eigenvalue weighted by Crippen LogP contribution is -2.10. The minimum absolute atomic E-state index is 1.06. The smallest absolute Gasteiger partial charge is 0.0927 e. The first-order valence-corrected chi connectivity index (χ1v) is 6.25. The average Bonchev–Trinajstić information content (AvgIpc) is 2.71. The van der Waals surface area contributed by atoms with Crippen molar-refractivity contribution in [2.45, 2.75) is 39.7 Å². The van der Waals surface area contributed by atoms with Gasteiger partial charge in [-0.2, -0.15) is 5.10 Å². The van der Waals surface area contributed by atoms with Crippen LogP contribution in [0.4, 0.5) is 0 Å². The Kier molecular flexibility index (Phi) is 2.46. The number of hydrogen-bond acceptors (Lipinski definition) is 2. The maximum absolute atomic E-state index is 4.69. The Morgan fingerprint density at radius 1 is 1.06 bits per heavy atom. The molecule has 88 valence electrons. The van der Waals surface area contributed by atoms with Crippen LogP contribution in [0.5, 0.6) is 0 Å². The Balaban J connectivity index is 2.05. The molecule has 2 aromatic rings. The molecule has 0 bridgehead atoms. The van der Waals surface area contributed by atoms with Gasteiger partial charge in [-0.05, 0) is 51.3 Å². The van der Waals surface area contributed by atoms with Gasteiger partial charge in [0.05, 0.1) is 5.69 Å². The summed E-state index contributed by atoms with van der Waals surface area (Å²) in [6, 6.07) is 6.45. The molecule has 0 saturated heterocycles. The number of pyridine rings is 1. The highest BCUT2D eigenvalue weighted by molar-refractivity contribution is 5.60. The van der Waals surface area contributed by atoms with E-state index < -0.39 is 0 Å². The average molecular weight is 227 g/mol. The van der Waals surface area contributed by atoms with E-state index in [9.17, 15) is 0 Å². The van der Waals surface area contributed by atoms with Crippen molar-refractivity contribution in [2.75, 3.05) is 0 Å². The van der Waals surface area contributed by atoms with Gasteiger partial charge in [0.2, 0.25) is 0 Å². The van der Waals surface area contributed by atoms with Gasteiger partial charge in [-0.3, -0.25) is 9.67 Å². The number of hydrogen-bond donors (Lipinski definition) is 0. The largest absolute Gasteiger partial charge is 0.269 e. The predicted octanol–water partition coefficient (Wildman–Crippen LogP) is 2.90. The number of fused-ring (bicyclic) bond motifs is 1. The van der Waals surface area contributed by atoms with Gasteiger partial charge in [-0.1, -0.05) is 0 Å². The lowest BCUT2D eigenvalue weighted by molar-refractivity contribution is 0.487. The molecule has 3 nitrogen and oxygen atoms in total. The van der Waals surface area contributed by atoms with Crippen LogP contribution in [0.25, 0.3) is 11.3 Å². The summed E-state index contributed by atoms with van der Waals surface area (Å²) in [6.45, 7) is 5.14. The Labute approximate surface area is 101 Å². The summed E-state index contributed by atoms with van der Waals surface area (Å²) in [5.41, 5.74) is 5.78. The van der Waals surface area contributed by atoms with Crippen molar-refractivity contribution >= 4 is 0 Å². The molecule has 17 heavy (non-hydrogen) atoms. The predicted molar refractivity (Wildman–Crippen MR) is 67.9 cm³/mol. The highest BCUT2D eigenvalue weighted by Crippen LogP contribution is 2.23. The third-order valence-corrected chi connectivity index (χ3v) is 3.29. The normalized spacial score (nSPS) is 14.7. The van der Waals surface area contributed by atoms with E-state index in [1.165, 1.54) is 24.1 Å². The van der Waals surface area contributed by atoms with Crippen LogP contribution in [-0.2, 0) is 13.0 Å². The molecule has 1 aliphatic rings. The fraction of sp³-hybridized carbons (Fsp3) is 0.429. The van der Waals surface area contributed by atoms with Crippen molar-refractivity contribution in [3.63, 3.8) is 0 Å². The first kappa shape index (κ1) is 10.5. The Morgan fingerprint density at radius 3 is 2.53 bits per heavy atom. The number of rotatable bonds is 1. The Morgan fingerprint density at radius 2 is 1.82 bits per heavy atom. The SMILES string of the molecule is Cc1cc(-c2cc3n(n2)CCCC3)cc(C)n1. The van der Waals surface area contributed by atoms with E-state index in [0.29, 0.717) is 0 Å². The van der Waals surface area contributed by atoms with Gasteiger partial charge < -0.3 is 0 Å². The molecule has 0 amide bonds. The highest BCUT2D eigenvalue weighted by atomic mass is 15.3. The molecule has 0 aromatic carbocycles. The van der Waals surface area contributed by atoms with Crippen molar-refractivity contribution in [1.29, 1.82) is 0 Å². The van der Waals surface area contributed by atoms with Crippen molar-refractivity contribution in [2.24, 2.45) is 0 Å². The first-order chi connectivity index (χ1) is 8.22. The van der Waals surface area contributed by atoms with Crippen LogP contribution in [0.1, 0.15) is 29.9 Å². The number of aryl methyl sites for hydroxylation is 4. The summed E-state index contributed by atoms with van der Waals surface area (Å²) in [6.07, 6.45) is 3.71. The zero-order valence-corrected chi connectivity index (χ0v) is 10.4. The molecule has 0 saturated carbocycles. The van der Waals surface area contributed by atoms with Crippen LogP contribution in [0.3, 0.4) is 0 Å². The summed E-state index contributed by atoms with van der Waals surface area (Å²) in [5.74, 6) is 0. The first-order valence-electron chi connectivity index (χ1n) is 6.25. The minimum Gasteiger partial charge on any atom is -0.269 e. The van der Waals surface area contributed by atoms with Gasteiger partial charge in [0.15, 0.2) is 0 Å². The molecular formula is C14H17N3. The molecular weight excluding hydrogens is 210 g/mol. The zero-order valence-electron chi connectivity index (χ0n) is 10.4. The second-order valence-corrected chi connectivity index (χ2v) is 4.84. The van der Waals surface area contributed by atoms with E-state index in [4.69, 9.17) is 5.10 Å². The van der Waals surface area contributed by atoms with Crippen LogP contribution in [-0.4, -0.2) is 14.8 Å². The van der Waals surface area contributed by atoms with Gasteiger partial charge in [0.25, 0.3) is 0 Å². The molecule has 2 aromatic heterocycles. The molecule has 0 radical (unpaired) electrons. The maximum Gasteiger partial charge on any atom is 0.0927 e. The highest BCUT2D eigenvalue weighted by Gasteiger charge is 2.13. The zero-order chi connectivity index (χ0) is 11.8. The molecule has 0 atom stereocenters. The van der Waals surface area contributed by atoms with Crippen molar-refractivity contribution in [1.82, 2.24) is 14.8 Å². The number of aromatic nitrogens is 3. The second-order valence-electron chi connectivity index (χ2n) is 4.84. The lowest BCUT2D eigenvalue weighted by atomic mass is 10.1. The summed E-state index contributed by atoms with van der Waals surface area (Å²) < 4.78 is 2.16. The summed E-state index contributed by atoms with van der Waals surface area (Å²) in [4.78, 5) is 4.41. The molecule has 0 unspecified atom stereocenters. The molecule has 3 heterocycles. The standard InChI is InChI=1S/C14H17N3/c1-10-7-12(8-11(2)15-10)14-9-13-5-3-4-6-17(13)16-14/h7-9H,3-6H2,1-2H3. The maximum atomic E-state index is 4.69. The van der Waals surface area contributed by atoms with Gasteiger partial charge in [-0.25, -0.2) is 0 Å². The van der Waals surface area contributed by atoms with E-state index in [1.54, 1.807) is 0 Å². The fourth-order valence-corrected chi connectivity index (χ4v) is 2.54. The molecule has 0 N–H and O–H groups in total. The topological polar surface area (TPSA) is 30.7 Å². The third kappa shape index (κ3) is 1.97. The van der Waals surface area contributed by atoms with E-state index in [1.807, 2.05) is 13.8 Å². The number of nitrogens with zero attached hydrogens (tertiary/aromatic N) is 3. The van der Waals surface area contributed by atoms with Crippen molar-refractivity contribution in [3.8, 4) is 11.3 Å². The fourth-order valence-electron chi connectivity index (χ4n) is 2.54. The molecule has 3 heteroatoms. The Hall–Kier alpha value is -1.64. The second kappa shape index (κ2) is 3.99. The summed E-state index contributed by atoms with van der Waals surface area (Å²) >= 11 is 0. The van der Waals surface area contributed by atoms with Crippen LogP contribution < -0.4 is 0 Å². The van der Waals surface area contributed by atoms with Crippen molar-refractivity contribution in [3.05, 3.63) is 35.3 Å². The van der Waals surface area contributed by atoms with Crippen LogP contribution in [0.15, 0.2) is 18.2 Å². The van der Waals surface area contributed by atoms with Gasteiger partial charge >= 0.3 is 0 Å². The lowest BCUT2D eigenvalue weighted by Gasteiger charge is -2.11. The van der Waals surface area contributed by atoms with E-state index in [2.05, 4.69) is 27.9 Å². The van der Waals surface area contributed by atoms with Gasteiger partial charge in [0.1, 0.15) is 0 Å². The van der Waals surface area contributed by atoms with E-state index in [0.717, 1.165) is 30.0 Å². The Bertz CT molecular complexity index is 511. The molecule has 0 fully saturated rings. The van der Waals surface area contributed by atoms with Gasteiger partial charge in [-0.15, -0.1) is 0 Å². The van der Waals surface area contributed by atoms with Crippen LogP contribution >= 0.6 is 0 Å². The molecule has 3 rings (SSSR count). The quantitative estimate of drug-likeness (QED) is 0.750. The van der Waals surface area contributed by atoms with E-state index in [-0.39, 0.29) is 0 Å². The van der Waals surface area contributed by atoms with Gasteiger partial charge in [0, 0.05) is 29.2 Å². The minimum atomic E-state index is 1.06. The summed E-state index contributed by atoms with van der Waals surface area (Å²) in [7, 11) is 0. The van der Waals surface area contributed by atoms with E-state index >= 15 is 0 Å². The van der Waals surface area contributed by atoms with Crippen LogP contribution in [0, 0.1) is 13.8 Å². The molecule has 0 aliphatic carbocycles. The van der Waals surface area contributed by atoms with Crippen molar-refractivity contribution < 1.29 is 0 Å². The third-order valence-electron chi connectivity index (χ3n) is 3.29. The molecule has 1 aliphatic heterocycles. The van der Waals surface area contributed by atoms with Crippen LogP contribution in [0.2, 0.25) is 0 Å².